The Labute approximate surface area is 761 Å². The molecular weight excluding hydrogens is 1650 g/mol. The maximum Gasteiger partial charge on any atom is 0.339 e. The molecule has 0 heterocycles. The third-order valence-electron chi connectivity index (χ3n) is 28.2. The minimum atomic E-state index is -2.20. The van der Waals surface area contributed by atoms with Crippen LogP contribution in [-0.2, 0) is 33.2 Å². The molecule has 2 bridgehead atoms. The normalized spacial score (nSPS) is 15.8. The second kappa shape index (κ2) is 32.8. The molecule has 1 fully saturated rings. The predicted molar refractivity (Wildman–Crippen MR) is 525 cm³/mol. The molecule has 0 aliphatic heterocycles. The third-order valence-corrected chi connectivity index (χ3v) is 28.2. The second-order valence-corrected chi connectivity index (χ2v) is 35.0. The first kappa shape index (κ1) is 80.8. The lowest BCUT2D eigenvalue weighted by Gasteiger charge is -2.52. The van der Waals surface area contributed by atoms with Crippen molar-refractivity contribution in [3.63, 3.8) is 0 Å². The zero-order valence-electron chi connectivity index (χ0n) is 71.8. The number of hydrogen-bond donors (Lipinski definition) is 0. The van der Waals surface area contributed by atoms with Crippen molar-refractivity contribution in [2.75, 3.05) is 46.2 Å². The summed E-state index contributed by atoms with van der Waals surface area (Å²) in [6, 6.07) is 119. The summed E-state index contributed by atoms with van der Waals surface area (Å²) in [7, 11) is 0. The summed E-state index contributed by atoms with van der Waals surface area (Å²) in [6.07, 6.45) is -0.357. The third kappa shape index (κ3) is 13.5. The Kier molecular flexibility index (Phi) is 19.9. The van der Waals surface area contributed by atoms with Crippen LogP contribution in [0.15, 0.2) is 393 Å². The minimum absolute atomic E-state index is 0.157. The Morgan fingerprint density at radius 3 is 0.594 bits per heavy atom. The summed E-state index contributed by atoms with van der Waals surface area (Å²) < 4.78 is 51.5. The highest BCUT2D eigenvalue weighted by Gasteiger charge is 2.78. The molecule has 14 nitrogen and oxygen atoms in total. The van der Waals surface area contributed by atoms with Gasteiger partial charge in [-0.2, -0.15) is 0 Å². The van der Waals surface area contributed by atoms with Gasteiger partial charge in [0.2, 0.25) is 0 Å². The molecule has 23 rings (SSSR count). The lowest BCUT2D eigenvalue weighted by molar-refractivity contribution is -0.113. The first-order valence-electron chi connectivity index (χ1n) is 44.6. The molecule has 1 saturated carbocycles. The van der Waals surface area contributed by atoms with Crippen LogP contribution < -0.4 is 0 Å². The number of carbonyl (C=O) groups is 7. The van der Waals surface area contributed by atoms with Crippen LogP contribution in [0.2, 0.25) is 0 Å². The molecule has 0 saturated heterocycles. The number of benzene rings is 21. The topological polar surface area (TPSA) is 184 Å². The first-order chi connectivity index (χ1) is 65.3. The van der Waals surface area contributed by atoms with Gasteiger partial charge in [-0.25, -0.2) is 33.6 Å². The minimum Gasteiger partial charge on any atom is -0.462 e. The van der Waals surface area contributed by atoms with Crippen molar-refractivity contribution in [1.29, 1.82) is 0 Å². The standard InChI is InChI=1S/C119H80O14/c120-110(103-86-43-15-1-29-72(86)57-73-30-2-16-44-87(73)103)127-64-100-101(65-128-111(121)104-88-45-17-3-31-74(88)58-75-32-4-18-46-89(75)104)118(69-131-114(124)107-94-51-23-9-37-80(94)61-81-38-10-24-52-95(81)107)67-117(100,68-130-113(123)106-92-49-21-7-35-78(92)60-79-36-8-22-50-93(79)106)102(66-129-112(122)105-90-47-19-5-33-76(90)59-77-34-6-20-48-91(77)105)119(118,70-132-115(125)108-96-53-25-11-39-82(96)62-83-40-12-26-54-97(83)108)71-133-116(126)109-98-55-27-13-41-84(98)63-85-42-14-28-56-99(85)109/h1-63,102H,64-71H2. The van der Waals surface area contributed by atoms with E-state index in [1.54, 1.807) is 0 Å². The van der Waals surface area contributed by atoms with Crippen molar-refractivity contribution in [3.8, 4) is 0 Å². The van der Waals surface area contributed by atoms with Crippen LogP contribution in [-0.4, -0.2) is 88.0 Å². The van der Waals surface area contributed by atoms with E-state index in [9.17, 15) is 0 Å². The molecule has 21 aromatic carbocycles. The molecule has 2 aliphatic rings. The Bertz CT molecular complexity index is 8090. The van der Waals surface area contributed by atoms with Crippen LogP contribution in [0.1, 0.15) is 78.9 Å². The highest BCUT2D eigenvalue weighted by Crippen LogP contribution is 2.76. The molecule has 14 heteroatoms. The fourth-order valence-electron chi connectivity index (χ4n) is 22.2. The van der Waals surface area contributed by atoms with Gasteiger partial charge in [0.15, 0.2) is 0 Å². The van der Waals surface area contributed by atoms with E-state index in [0.717, 1.165) is 75.4 Å². The Morgan fingerprint density at radius 2 is 0.376 bits per heavy atom. The lowest BCUT2D eigenvalue weighted by Crippen LogP contribution is -2.58. The summed E-state index contributed by atoms with van der Waals surface area (Å²) in [6.45, 7) is -5.11. The van der Waals surface area contributed by atoms with Crippen LogP contribution in [0.25, 0.3) is 151 Å². The average Bonchev–Trinajstić information content (AvgIpc) is 1.48. The van der Waals surface area contributed by atoms with Crippen LogP contribution in [0.4, 0.5) is 0 Å². The van der Waals surface area contributed by atoms with Crippen molar-refractivity contribution in [2.45, 2.75) is 6.42 Å². The van der Waals surface area contributed by atoms with Crippen molar-refractivity contribution in [2.24, 2.45) is 22.2 Å². The number of hydrogen-bond acceptors (Lipinski definition) is 14. The monoisotopic (exact) mass is 1730 g/mol. The van der Waals surface area contributed by atoms with E-state index in [2.05, 4.69) is 0 Å². The van der Waals surface area contributed by atoms with Gasteiger partial charge in [0, 0.05) is 16.7 Å². The molecule has 133 heavy (non-hydrogen) atoms. The summed E-state index contributed by atoms with van der Waals surface area (Å²) in [5.74, 6) is -7.12. The van der Waals surface area contributed by atoms with E-state index in [0.29, 0.717) is 75.4 Å². The number of ether oxygens (including phenoxy) is 7. The fourth-order valence-corrected chi connectivity index (χ4v) is 22.2. The van der Waals surface area contributed by atoms with Gasteiger partial charge >= 0.3 is 41.8 Å². The van der Waals surface area contributed by atoms with E-state index in [4.69, 9.17) is 33.2 Å². The summed E-state index contributed by atoms with van der Waals surface area (Å²) in [5.41, 5.74) is -4.53. The van der Waals surface area contributed by atoms with Crippen molar-refractivity contribution >= 4 is 193 Å². The van der Waals surface area contributed by atoms with Gasteiger partial charge < -0.3 is 33.2 Å². The molecule has 0 N–H and O–H groups in total. The molecule has 3 atom stereocenters. The highest BCUT2D eigenvalue weighted by atomic mass is 16.6. The van der Waals surface area contributed by atoms with E-state index in [1.165, 1.54) is 0 Å². The molecule has 2 aliphatic carbocycles. The lowest BCUT2D eigenvalue weighted by atomic mass is 9.55. The van der Waals surface area contributed by atoms with Crippen molar-refractivity contribution in [1.82, 2.24) is 0 Å². The van der Waals surface area contributed by atoms with Crippen LogP contribution in [0.3, 0.4) is 0 Å². The van der Waals surface area contributed by atoms with Gasteiger partial charge in [-0.15, -0.1) is 0 Å². The highest BCUT2D eigenvalue weighted by molar-refractivity contribution is 6.23. The maximum atomic E-state index is 17.0. The summed E-state index contributed by atoms with van der Waals surface area (Å²) in [4.78, 5) is 118. The summed E-state index contributed by atoms with van der Waals surface area (Å²) in [5, 5.41) is 18.0. The maximum absolute atomic E-state index is 17.0. The molecule has 640 valence electrons. The molecular formula is C119H80O14. The molecule has 0 radical (unpaired) electrons. The van der Waals surface area contributed by atoms with E-state index >= 15 is 33.6 Å². The molecule has 0 amide bonds. The largest absolute Gasteiger partial charge is 0.462 e. The van der Waals surface area contributed by atoms with E-state index < -0.39 is 110 Å². The number of esters is 7. The van der Waals surface area contributed by atoms with Gasteiger partial charge in [-0.05, 0) is 211 Å². The Morgan fingerprint density at radius 1 is 0.203 bits per heavy atom. The van der Waals surface area contributed by atoms with Gasteiger partial charge in [0.05, 0.1) is 51.0 Å². The number of rotatable bonds is 21. The quantitative estimate of drug-likeness (QED) is 0.0286. The Balaban J connectivity index is 0.822. The first-order valence-corrected chi connectivity index (χ1v) is 44.6. The predicted octanol–water partition coefficient (Wildman–Crippen LogP) is 26.4. The van der Waals surface area contributed by atoms with E-state index in [1.807, 2.05) is 382 Å². The van der Waals surface area contributed by atoms with Gasteiger partial charge in [-0.3, -0.25) is 0 Å². The molecule has 3 unspecified atom stereocenters. The SMILES string of the molecule is O=C(OCC1=C(COC(=O)c2c3ccccc3cc3ccccc23)C2(COC(=O)c3c4ccccc4cc4ccccc34)CC1(COC(=O)c1c3ccccc3cc3ccccc13)C(COC(=O)c1c3ccccc3cc3ccccc13)C2(COC(=O)c1c2ccccc2cc2ccccc12)COC(=O)c1c2ccccc2cc2ccccc12)c1c2ccccc2cc2ccccc12. The molecule has 21 aromatic rings. The summed E-state index contributed by atoms with van der Waals surface area (Å²) >= 11 is 0. The molecule has 0 aromatic heterocycles. The zero-order valence-corrected chi connectivity index (χ0v) is 71.8. The van der Waals surface area contributed by atoms with Crippen LogP contribution in [0.5, 0.6) is 0 Å². The molecule has 0 spiro atoms. The number of carbonyl (C=O) groups excluding carboxylic acids is 7. The van der Waals surface area contributed by atoms with Gasteiger partial charge in [-0.1, -0.05) is 340 Å². The number of fused-ring (bicyclic) bond motifs is 16. The fraction of sp³-hybridized carbons (Fsp3) is 0.101. The van der Waals surface area contributed by atoms with Gasteiger partial charge in [0.25, 0.3) is 0 Å². The second-order valence-electron chi connectivity index (χ2n) is 35.0. The van der Waals surface area contributed by atoms with Crippen LogP contribution >= 0.6 is 0 Å². The zero-order chi connectivity index (χ0) is 89.6. The van der Waals surface area contributed by atoms with Gasteiger partial charge in [0.1, 0.15) is 39.6 Å². The average molecular weight is 1730 g/mol. The smallest absolute Gasteiger partial charge is 0.339 e. The Hall–Kier alpha value is -16.7. The van der Waals surface area contributed by atoms with Crippen molar-refractivity contribution < 1.29 is 66.7 Å². The van der Waals surface area contributed by atoms with Crippen LogP contribution in [0, 0.1) is 22.2 Å². The van der Waals surface area contributed by atoms with E-state index in [-0.39, 0.29) is 56.5 Å². The van der Waals surface area contributed by atoms with Crippen molar-refractivity contribution in [3.05, 3.63) is 432 Å².